The van der Waals surface area contributed by atoms with Crippen molar-refractivity contribution in [3.63, 3.8) is 0 Å². The van der Waals surface area contributed by atoms with E-state index in [1.807, 2.05) is 32.0 Å². The molecule has 94 valence electrons. The van der Waals surface area contributed by atoms with Crippen LogP contribution in [0.3, 0.4) is 0 Å². The van der Waals surface area contributed by atoms with E-state index in [1.165, 1.54) is 0 Å². The van der Waals surface area contributed by atoms with Crippen molar-refractivity contribution in [1.29, 1.82) is 0 Å². The van der Waals surface area contributed by atoms with E-state index < -0.39 is 0 Å². The van der Waals surface area contributed by atoms with Crippen molar-refractivity contribution in [2.24, 2.45) is 11.7 Å². The lowest BCUT2D eigenvalue weighted by molar-refractivity contribution is -0.116. The van der Waals surface area contributed by atoms with Gasteiger partial charge in [0, 0.05) is 24.7 Å². The van der Waals surface area contributed by atoms with Crippen LogP contribution in [-0.4, -0.2) is 19.1 Å². The van der Waals surface area contributed by atoms with Gasteiger partial charge in [-0.25, -0.2) is 0 Å². The quantitative estimate of drug-likeness (QED) is 0.794. The molecule has 4 nitrogen and oxygen atoms in total. The van der Waals surface area contributed by atoms with Crippen LogP contribution in [0.15, 0.2) is 24.3 Å². The van der Waals surface area contributed by atoms with Crippen LogP contribution in [-0.2, 0) is 4.79 Å². The summed E-state index contributed by atoms with van der Waals surface area (Å²) in [6.45, 7) is 4.98. The van der Waals surface area contributed by atoms with Gasteiger partial charge in [-0.1, -0.05) is 19.9 Å². The maximum atomic E-state index is 11.6. The molecule has 3 N–H and O–H groups in total. The third kappa shape index (κ3) is 5.36. The van der Waals surface area contributed by atoms with E-state index in [0.717, 1.165) is 11.4 Å². The summed E-state index contributed by atoms with van der Waals surface area (Å²) >= 11 is 0. The molecule has 0 atom stereocenters. The molecule has 1 amide bonds. The van der Waals surface area contributed by atoms with Crippen molar-refractivity contribution >= 4 is 11.6 Å². The molecule has 17 heavy (non-hydrogen) atoms. The van der Waals surface area contributed by atoms with Gasteiger partial charge in [-0.2, -0.15) is 0 Å². The molecule has 0 unspecified atom stereocenters. The molecule has 0 spiro atoms. The van der Waals surface area contributed by atoms with Gasteiger partial charge in [-0.3, -0.25) is 4.79 Å². The molecule has 0 heterocycles. The van der Waals surface area contributed by atoms with Crippen LogP contribution in [0.2, 0.25) is 0 Å². The number of rotatable bonds is 6. The summed E-state index contributed by atoms with van der Waals surface area (Å²) in [7, 11) is 0. The van der Waals surface area contributed by atoms with Gasteiger partial charge in [0.1, 0.15) is 12.4 Å². The first-order valence-corrected chi connectivity index (χ1v) is 5.84. The van der Waals surface area contributed by atoms with E-state index in [-0.39, 0.29) is 5.91 Å². The number of nitrogens with two attached hydrogens (primary N) is 1. The first kappa shape index (κ1) is 13.5. The molecule has 0 radical (unpaired) electrons. The van der Waals surface area contributed by atoms with Crippen LogP contribution >= 0.6 is 0 Å². The molecule has 0 fully saturated rings. The van der Waals surface area contributed by atoms with Gasteiger partial charge in [-0.05, 0) is 18.1 Å². The Kier molecular flexibility index (Phi) is 5.49. The van der Waals surface area contributed by atoms with Crippen molar-refractivity contribution in [1.82, 2.24) is 0 Å². The number of carbonyl (C=O) groups excluding carboxylic acids is 1. The van der Waals surface area contributed by atoms with Crippen LogP contribution < -0.4 is 15.8 Å². The number of hydrogen-bond donors (Lipinski definition) is 2. The zero-order valence-corrected chi connectivity index (χ0v) is 10.4. The first-order chi connectivity index (χ1) is 8.11. The maximum absolute atomic E-state index is 11.6. The van der Waals surface area contributed by atoms with Crippen LogP contribution in [0.5, 0.6) is 5.75 Å². The highest BCUT2D eigenvalue weighted by atomic mass is 16.5. The van der Waals surface area contributed by atoms with E-state index in [4.69, 9.17) is 10.5 Å². The van der Waals surface area contributed by atoms with E-state index >= 15 is 0 Å². The zero-order valence-electron chi connectivity index (χ0n) is 10.4. The lowest BCUT2D eigenvalue weighted by atomic mass is 10.1. The van der Waals surface area contributed by atoms with Crippen molar-refractivity contribution in [2.75, 3.05) is 18.5 Å². The van der Waals surface area contributed by atoms with Crippen molar-refractivity contribution in [3.05, 3.63) is 24.3 Å². The van der Waals surface area contributed by atoms with E-state index in [1.54, 1.807) is 6.07 Å². The lowest BCUT2D eigenvalue weighted by Crippen LogP contribution is -2.14. The molecular weight excluding hydrogens is 216 g/mol. The Hall–Kier alpha value is -1.55. The molecule has 0 bridgehead atoms. The Morgan fingerprint density at radius 1 is 1.47 bits per heavy atom. The molecule has 1 aromatic rings. The van der Waals surface area contributed by atoms with Gasteiger partial charge in [0.05, 0.1) is 0 Å². The highest BCUT2D eigenvalue weighted by Crippen LogP contribution is 2.17. The lowest BCUT2D eigenvalue weighted by Gasteiger charge is -2.09. The second-order valence-corrected chi connectivity index (χ2v) is 4.31. The fraction of sp³-hybridized carbons (Fsp3) is 0.462. The fourth-order valence-corrected chi connectivity index (χ4v) is 1.42. The van der Waals surface area contributed by atoms with Crippen LogP contribution in [0, 0.1) is 5.92 Å². The number of anilines is 1. The number of nitrogens with one attached hydrogen (secondary N) is 1. The van der Waals surface area contributed by atoms with Crippen LogP contribution in [0.1, 0.15) is 20.3 Å². The summed E-state index contributed by atoms with van der Waals surface area (Å²) in [5, 5.41) is 2.84. The summed E-state index contributed by atoms with van der Waals surface area (Å²) < 4.78 is 5.38. The van der Waals surface area contributed by atoms with Crippen molar-refractivity contribution in [2.45, 2.75) is 20.3 Å². The highest BCUT2D eigenvalue weighted by molar-refractivity contribution is 5.90. The second kappa shape index (κ2) is 6.91. The standard InChI is InChI=1S/C13H20N2O2/c1-10(2)8-13(16)15-11-4-3-5-12(9-11)17-7-6-14/h3-5,9-10H,6-8,14H2,1-2H3,(H,15,16). The Labute approximate surface area is 102 Å². The van der Waals surface area contributed by atoms with Gasteiger partial charge >= 0.3 is 0 Å². The normalized spacial score (nSPS) is 10.4. The van der Waals surface area contributed by atoms with Gasteiger partial charge in [0.2, 0.25) is 5.91 Å². The minimum Gasteiger partial charge on any atom is -0.492 e. The van der Waals surface area contributed by atoms with Crippen molar-refractivity contribution in [3.8, 4) is 5.75 Å². The van der Waals surface area contributed by atoms with E-state index in [2.05, 4.69) is 5.32 Å². The molecule has 0 aliphatic carbocycles. The first-order valence-electron chi connectivity index (χ1n) is 5.84. The molecule has 0 aromatic heterocycles. The number of amides is 1. The van der Waals surface area contributed by atoms with Crippen LogP contribution in [0.4, 0.5) is 5.69 Å². The predicted octanol–water partition coefficient (Wildman–Crippen LogP) is 2.01. The third-order valence-corrected chi connectivity index (χ3v) is 2.10. The molecule has 1 rings (SSSR count). The Bertz CT molecular complexity index is 364. The molecule has 0 saturated heterocycles. The molecule has 4 heteroatoms. The molecule has 0 aliphatic heterocycles. The van der Waals surface area contributed by atoms with E-state index in [9.17, 15) is 4.79 Å². The SMILES string of the molecule is CC(C)CC(=O)Nc1cccc(OCCN)c1. The summed E-state index contributed by atoms with van der Waals surface area (Å²) in [5.41, 5.74) is 6.11. The third-order valence-electron chi connectivity index (χ3n) is 2.10. The summed E-state index contributed by atoms with van der Waals surface area (Å²) in [5.74, 6) is 1.10. The highest BCUT2D eigenvalue weighted by Gasteiger charge is 2.05. The monoisotopic (exact) mass is 236 g/mol. The van der Waals surface area contributed by atoms with Crippen LogP contribution in [0.25, 0.3) is 0 Å². The largest absolute Gasteiger partial charge is 0.492 e. The molecular formula is C13H20N2O2. The topological polar surface area (TPSA) is 64.3 Å². The average Bonchev–Trinajstić information content (AvgIpc) is 2.25. The Morgan fingerprint density at radius 3 is 2.88 bits per heavy atom. The minimum atomic E-state index is 0.0241. The fourth-order valence-electron chi connectivity index (χ4n) is 1.42. The predicted molar refractivity (Wildman–Crippen MR) is 69.1 cm³/mol. The zero-order chi connectivity index (χ0) is 12.7. The minimum absolute atomic E-state index is 0.0241. The average molecular weight is 236 g/mol. The van der Waals surface area contributed by atoms with Crippen molar-refractivity contribution < 1.29 is 9.53 Å². The smallest absolute Gasteiger partial charge is 0.224 e. The number of ether oxygens (including phenoxy) is 1. The summed E-state index contributed by atoms with van der Waals surface area (Å²) in [6.07, 6.45) is 0.522. The molecule has 1 aromatic carbocycles. The molecule has 0 saturated carbocycles. The number of benzene rings is 1. The maximum Gasteiger partial charge on any atom is 0.224 e. The Balaban J connectivity index is 2.56. The van der Waals surface area contributed by atoms with E-state index in [0.29, 0.717) is 25.5 Å². The number of carbonyl (C=O) groups is 1. The Morgan fingerprint density at radius 2 is 2.24 bits per heavy atom. The van der Waals surface area contributed by atoms with Gasteiger partial charge in [0.25, 0.3) is 0 Å². The van der Waals surface area contributed by atoms with Gasteiger partial charge in [0.15, 0.2) is 0 Å². The molecule has 0 aliphatic rings. The number of hydrogen-bond acceptors (Lipinski definition) is 3. The van der Waals surface area contributed by atoms with Gasteiger partial charge in [-0.15, -0.1) is 0 Å². The second-order valence-electron chi connectivity index (χ2n) is 4.31. The summed E-state index contributed by atoms with van der Waals surface area (Å²) in [6, 6.07) is 7.33. The van der Waals surface area contributed by atoms with Gasteiger partial charge < -0.3 is 15.8 Å². The summed E-state index contributed by atoms with van der Waals surface area (Å²) in [4.78, 5) is 11.6.